The van der Waals surface area contributed by atoms with Gasteiger partial charge in [-0.3, -0.25) is 0 Å². The third-order valence-electron chi connectivity index (χ3n) is 2.49. The van der Waals surface area contributed by atoms with Gasteiger partial charge in [-0.2, -0.15) is 5.26 Å². The van der Waals surface area contributed by atoms with Crippen molar-refractivity contribution in [2.75, 3.05) is 13.2 Å². The fourth-order valence-electron chi connectivity index (χ4n) is 1.75. The molecule has 0 aliphatic carbocycles. The van der Waals surface area contributed by atoms with Crippen LogP contribution in [0.1, 0.15) is 27.7 Å². The molecule has 0 aliphatic rings. The molecule has 0 saturated heterocycles. The summed E-state index contributed by atoms with van der Waals surface area (Å²) in [5.41, 5.74) is -1.03. The van der Waals surface area contributed by atoms with Gasteiger partial charge >= 0.3 is 0 Å². The topological polar surface area (TPSA) is 51.5 Å². The lowest BCUT2D eigenvalue weighted by atomic mass is 9.91. The van der Waals surface area contributed by atoms with Crippen molar-refractivity contribution in [3.05, 3.63) is 0 Å². The van der Waals surface area contributed by atoms with E-state index in [0.29, 0.717) is 13.2 Å². The van der Waals surface area contributed by atoms with Crippen molar-refractivity contribution >= 4 is 8.32 Å². The van der Waals surface area contributed by atoms with E-state index in [9.17, 15) is 5.26 Å². The highest BCUT2D eigenvalue weighted by molar-refractivity contribution is 6.69. The fourth-order valence-corrected chi connectivity index (χ4v) is 3.14. The molecule has 0 aliphatic heterocycles. The van der Waals surface area contributed by atoms with Crippen molar-refractivity contribution in [2.24, 2.45) is 5.92 Å². The number of nitrogens with zero attached hydrogens (tertiary/aromatic N) is 1. The molecule has 1 atom stereocenters. The Labute approximate surface area is 112 Å². The van der Waals surface area contributed by atoms with E-state index in [1.807, 2.05) is 27.7 Å². The smallest absolute Gasteiger partial charge is 0.199 e. The third-order valence-corrected chi connectivity index (χ3v) is 3.44. The SMILES string of the molecule is CCOC(OCC)C(C#N)(O[Si](C)(C)C)C(C)C. The molecule has 0 rings (SSSR count). The van der Waals surface area contributed by atoms with Gasteiger partial charge in [-0.25, -0.2) is 0 Å². The lowest BCUT2D eigenvalue weighted by molar-refractivity contribution is -0.220. The molecule has 1 unspecified atom stereocenters. The minimum atomic E-state index is -1.88. The van der Waals surface area contributed by atoms with E-state index >= 15 is 0 Å². The van der Waals surface area contributed by atoms with Crippen molar-refractivity contribution in [3.63, 3.8) is 0 Å². The van der Waals surface area contributed by atoms with E-state index in [1.54, 1.807) is 0 Å². The second kappa shape index (κ2) is 7.24. The van der Waals surface area contributed by atoms with Crippen molar-refractivity contribution in [1.29, 1.82) is 5.26 Å². The molecule has 0 aromatic carbocycles. The molecule has 18 heavy (non-hydrogen) atoms. The first-order valence-corrected chi connectivity index (χ1v) is 9.99. The number of rotatable bonds is 8. The van der Waals surface area contributed by atoms with Gasteiger partial charge < -0.3 is 13.9 Å². The Hall–Kier alpha value is -0.413. The maximum absolute atomic E-state index is 9.62. The van der Waals surface area contributed by atoms with Gasteiger partial charge in [-0.15, -0.1) is 0 Å². The predicted molar refractivity (Wildman–Crippen MR) is 74.7 cm³/mol. The highest BCUT2D eigenvalue weighted by atomic mass is 28.4. The van der Waals surface area contributed by atoms with Gasteiger partial charge in [0.1, 0.15) is 6.07 Å². The molecule has 0 aromatic rings. The van der Waals surface area contributed by atoms with E-state index in [1.165, 1.54) is 0 Å². The number of hydrogen-bond donors (Lipinski definition) is 0. The highest BCUT2D eigenvalue weighted by Gasteiger charge is 2.48. The van der Waals surface area contributed by atoms with Crippen LogP contribution in [-0.2, 0) is 13.9 Å². The highest BCUT2D eigenvalue weighted by Crippen LogP contribution is 2.32. The lowest BCUT2D eigenvalue weighted by Crippen LogP contribution is -2.55. The van der Waals surface area contributed by atoms with Crippen LogP contribution in [0.3, 0.4) is 0 Å². The first-order chi connectivity index (χ1) is 8.23. The minimum Gasteiger partial charge on any atom is -0.396 e. The fraction of sp³-hybridized carbons (Fsp3) is 0.923. The molecule has 106 valence electrons. The average molecular weight is 273 g/mol. The van der Waals surface area contributed by atoms with E-state index < -0.39 is 20.2 Å². The van der Waals surface area contributed by atoms with Crippen LogP contribution in [0.4, 0.5) is 0 Å². The Morgan fingerprint density at radius 2 is 1.56 bits per heavy atom. The van der Waals surface area contributed by atoms with Gasteiger partial charge in [0, 0.05) is 13.2 Å². The minimum absolute atomic E-state index is 0.00248. The van der Waals surface area contributed by atoms with Crippen molar-refractivity contribution in [2.45, 2.75) is 59.2 Å². The molecule has 0 saturated carbocycles. The monoisotopic (exact) mass is 273 g/mol. The zero-order valence-corrected chi connectivity index (χ0v) is 13.7. The number of hydrogen-bond acceptors (Lipinski definition) is 4. The summed E-state index contributed by atoms with van der Waals surface area (Å²) in [4.78, 5) is 0. The predicted octanol–water partition coefficient (Wildman–Crippen LogP) is 3.16. The molecule has 5 heteroatoms. The zero-order valence-electron chi connectivity index (χ0n) is 12.7. The second-order valence-electron chi connectivity index (χ2n) is 5.52. The van der Waals surface area contributed by atoms with Gasteiger partial charge in [-0.1, -0.05) is 13.8 Å². The van der Waals surface area contributed by atoms with Crippen LogP contribution in [0, 0.1) is 17.2 Å². The summed E-state index contributed by atoms with van der Waals surface area (Å²) in [6.45, 7) is 14.9. The largest absolute Gasteiger partial charge is 0.396 e. The van der Waals surface area contributed by atoms with Crippen LogP contribution in [0.2, 0.25) is 19.6 Å². The standard InChI is InChI=1S/C13H27NO3Si/c1-8-15-12(16-9-2)13(10-14,11(3)4)17-18(5,6)7/h11-12H,8-9H2,1-7H3. The molecule has 0 bridgehead atoms. The molecule has 0 spiro atoms. The van der Waals surface area contributed by atoms with E-state index in [-0.39, 0.29) is 5.92 Å². The second-order valence-corrected chi connectivity index (χ2v) is 9.95. The van der Waals surface area contributed by atoms with Gasteiger partial charge in [0.05, 0.1) is 0 Å². The molecule has 0 N–H and O–H groups in total. The van der Waals surface area contributed by atoms with Crippen LogP contribution in [0.5, 0.6) is 0 Å². The van der Waals surface area contributed by atoms with E-state index in [2.05, 4.69) is 25.7 Å². The van der Waals surface area contributed by atoms with Crippen molar-refractivity contribution in [1.82, 2.24) is 0 Å². The third kappa shape index (κ3) is 4.69. The Morgan fingerprint density at radius 3 is 1.78 bits per heavy atom. The van der Waals surface area contributed by atoms with Gasteiger partial charge in [-0.05, 0) is 39.4 Å². The van der Waals surface area contributed by atoms with Crippen LogP contribution >= 0.6 is 0 Å². The first-order valence-electron chi connectivity index (χ1n) is 6.58. The van der Waals surface area contributed by atoms with E-state index in [4.69, 9.17) is 13.9 Å². The van der Waals surface area contributed by atoms with Crippen LogP contribution in [0.15, 0.2) is 0 Å². The molecule has 0 heterocycles. The van der Waals surface area contributed by atoms with Gasteiger partial charge in [0.2, 0.25) is 0 Å². The molecule has 0 fully saturated rings. The molecule has 4 nitrogen and oxygen atoms in total. The Kier molecular flexibility index (Phi) is 7.08. The van der Waals surface area contributed by atoms with Crippen molar-refractivity contribution in [3.8, 4) is 6.07 Å². The summed E-state index contributed by atoms with van der Waals surface area (Å²) in [5.74, 6) is -0.00248. The summed E-state index contributed by atoms with van der Waals surface area (Å²) in [6, 6.07) is 2.30. The summed E-state index contributed by atoms with van der Waals surface area (Å²) >= 11 is 0. The lowest BCUT2D eigenvalue weighted by Gasteiger charge is -2.41. The Morgan fingerprint density at radius 1 is 1.11 bits per heavy atom. The molecular weight excluding hydrogens is 246 g/mol. The summed E-state index contributed by atoms with van der Waals surface area (Å²) < 4.78 is 17.3. The summed E-state index contributed by atoms with van der Waals surface area (Å²) in [7, 11) is -1.88. The first kappa shape index (κ1) is 17.6. The van der Waals surface area contributed by atoms with Gasteiger partial charge in [0.15, 0.2) is 20.2 Å². The molecule has 0 amide bonds. The maximum Gasteiger partial charge on any atom is 0.199 e. The maximum atomic E-state index is 9.62. The Bertz CT molecular complexity index is 277. The van der Waals surface area contributed by atoms with Crippen LogP contribution in [-0.4, -0.2) is 33.4 Å². The normalized spacial score (nSPS) is 15.8. The van der Waals surface area contributed by atoms with Gasteiger partial charge in [0.25, 0.3) is 0 Å². The summed E-state index contributed by atoms with van der Waals surface area (Å²) in [5, 5.41) is 9.62. The molecule has 0 radical (unpaired) electrons. The zero-order chi connectivity index (χ0) is 14.4. The van der Waals surface area contributed by atoms with E-state index in [0.717, 1.165) is 0 Å². The summed E-state index contributed by atoms with van der Waals surface area (Å²) in [6.07, 6.45) is -0.635. The Balaban J connectivity index is 5.34. The number of ether oxygens (including phenoxy) is 2. The van der Waals surface area contributed by atoms with Crippen LogP contribution in [0.25, 0.3) is 0 Å². The van der Waals surface area contributed by atoms with Crippen molar-refractivity contribution < 1.29 is 13.9 Å². The molecular formula is C13H27NO3Si. The quantitative estimate of drug-likeness (QED) is 0.503. The molecule has 0 aromatic heterocycles. The van der Waals surface area contributed by atoms with Crippen LogP contribution < -0.4 is 0 Å². The average Bonchev–Trinajstić information content (AvgIpc) is 2.24. The number of nitriles is 1.